The number of aromatic nitrogens is 2. The fraction of sp³-hybridized carbons (Fsp3) is 0.250. The molecule has 0 N–H and O–H groups in total. The Bertz CT molecular complexity index is 865. The fourth-order valence-corrected chi connectivity index (χ4v) is 3.44. The Morgan fingerprint density at radius 1 is 1.23 bits per heavy atom. The van der Waals surface area contributed by atoms with Crippen molar-refractivity contribution in [2.24, 2.45) is 0 Å². The summed E-state index contributed by atoms with van der Waals surface area (Å²) in [5, 5.41) is 4.11. The van der Waals surface area contributed by atoms with Crippen LogP contribution in [-0.2, 0) is 6.54 Å². The summed E-state index contributed by atoms with van der Waals surface area (Å²) >= 11 is 1.64. The lowest BCUT2D eigenvalue weighted by atomic mass is 10.1. The van der Waals surface area contributed by atoms with Crippen LogP contribution in [0.15, 0.2) is 53.5 Å². The van der Waals surface area contributed by atoms with Crippen LogP contribution in [0.2, 0.25) is 0 Å². The molecule has 0 spiro atoms. The van der Waals surface area contributed by atoms with E-state index in [2.05, 4.69) is 28.3 Å². The molecule has 0 unspecified atom stereocenters. The zero-order valence-corrected chi connectivity index (χ0v) is 15.7. The maximum absolute atomic E-state index is 13.1. The third-order valence-corrected chi connectivity index (χ3v) is 4.71. The van der Waals surface area contributed by atoms with Crippen molar-refractivity contribution in [3.05, 3.63) is 64.6 Å². The maximum Gasteiger partial charge on any atom is 0.254 e. The number of ether oxygens (including phenoxy) is 1. The first-order valence-electron chi connectivity index (χ1n) is 8.48. The SMILES string of the molecule is CCCN(Cc1ccsc1)C(=O)c1cccc(-c2nccnc2OC)c1. The van der Waals surface area contributed by atoms with Crippen molar-refractivity contribution >= 4 is 17.2 Å². The monoisotopic (exact) mass is 367 g/mol. The number of amides is 1. The van der Waals surface area contributed by atoms with Gasteiger partial charge in [-0.25, -0.2) is 9.97 Å². The molecule has 6 heteroatoms. The van der Waals surface area contributed by atoms with Gasteiger partial charge in [0, 0.05) is 36.6 Å². The summed E-state index contributed by atoms with van der Waals surface area (Å²) in [6.45, 7) is 3.41. The highest BCUT2D eigenvalue weighted by Gasteiger charge is 2.17. The van der Waals surface area contributed by atoms with E-state index < -0.39 is 0 Å². The predicted molar refractivity (Wildman–Crippen MR) is 103 cm³/mol. The highest BCUT2D eigenvalue weighted by Crippen LogP contribution is 2.26. The quantitative estimate of drug-likeness (QED) is 0.626. The first-order chi connectivity index (χ1) is 12.7. The molecule has 0 aliphatic rings. The smallest absolute Gasteiger partial charge is 0.254 e. The van der Waals surface area contributed by atoms with Gasteiger partial charge in [-0.3, -0.25) is 4.79 Å². The molecule has 26 heavy (non-hydrogen) atoms. The molecule has 2 aromatic heterocycles. The number of carbonyl (C=O) groups is 1. The van der Waals surface area contributed by atoms with E-state index in [0.717, 1.165) is 17.5 Å². The van der Waals surface area contributed by atoms with Gasteiger partial charge >= 0.3 is 0 Å². The van der Waals surface area contributed by atoms with Gasteiger partial charge in [0.1, 0.15) is 5.69 Å². The van der Waals surface area contributed by atoms with Crippen LogP contribution in [0.1, 0.15) is 29.3 Å². The van der Waals surface area contributed by atoms with Gasteiger partial charge in [-0.2, -0.15) is 11.3 Å². The minimum atomic E-state index is 0.0164. The summed E-state index contributed by atoms with van der Waals surface area (Å²) in [6, 6.07) is 9.52. The number of rotatable bonds is 7. The maximum atomic E-state index is 13.1. The van der Waals surface area contributed by atoms with Crippen LogP contribution in [0.25, 0.3) is 11.3 Å². The molecule has 0 atom stereocenters. The van der Waals surface area contributed by atoms with Gasteiger partial charge in [0.25, 0.3) is 5.91 Å². The van der Waals surface area contributed by atoms with Crippen molar-refractivity contribution in [1.82, 2.24) is 14.9 Å². The van der Waals surface area contributed by atoms with Gasteiger partial charge in [0.15, 0.2) is 0 Å². The molecule has 0 bridgehead atoms. The number of benzene rings is 1. The average Bonchev–Trinajstić information content (AvgIpc) is 3.20. The van der Waals surface area contributed by atoms with Gasteiger partial charge in [0.2, 0.25) is 5.88 Å². The number of carbonyl (C=O) groups excluding carboxylic acids is 1. The van der Waals surface area contributed by atoms with E-state index in [1.807, 2.05) is 34.5 Å². The summed E-state index contributed by atoms with van der Waals surface area (Å²) in [5.74, 6) is 0.462. The van der Waals surface area contributed by atoms with Crippen LogP contribution in [0.5, 0.6) is 5.88 Å². The molecular weight excluding hydrogens is 346 g/mol. The molecular formula is C20H21N3O2S. The summed E-state index contributed by atoms with van der Waals surface area (Å²) in [7, 11) is 1.56. The number of hydrogen-bond donors (Lipinski definition) is 0. The van der Waals surface area contributed by atoms with Gasteiger partial charge < -0.3 is 9.64 Å². The Morgan fingerprint density at radius 2 is 2.08 bits per heavy atom. The Kier molecular flexibility index (Phi) is 5.96. The second-order valence-electron chi connectivity index (χ2n) is 5.85. The number of nitrogens with zero attached hydrogens (tertiary/aromatic N) is 3. The van der Waals surface area contributed by atoms with Crippen molar-refractivity contribution in [2.75, 3.05) is 13.7 Å². The summed E-state index contributed by atoms with van der Waals surface area (Å²) in [6.07, 6.45) is 4.11. The van der Waals surface area contributed by atoms with E-state index in [4.69, 9.17) is 4.74 Å². The second kappa shape index (κ2) is 8.58. The molecule has 134 valence electrons. The molecule has 0 saturated carbocycles. The predicted octanol–water partition coefficient (Wildman–Crippen LogP) is 4.27. The van der Waals surface area contributed by atoms with Crippen molar-refractivity contribution in [3.8, 4) is 17.1 Å². The third kappa shape index (κ3) is 4.08. The van der Waals surface area contributed by atoms with Crippen molar-refractivity contribution in [2.45, 2.75) is 19.9 Å². The van der Waals surface area contributed by atoms with Gasteiger partial charge in [-0.05, 0) is 40.9 Å². The summed E-state index contributed by atoms with van der Waals surface area (Å²) in [4.78, 5) is 23.5. The minimum Gasteiger partial charge on any atom is -0.479 e. The summed E-state index contributed by atoms with van der Waals surface area (Å²) < 4.78 is 5.29. The molecule has 0 radical (unpaired) electrons. The normalized spacial score (nSPS) is 10.5. The van der Waals surface area contributed by atoms with Crippen LogP contribution in [-0.4, -0.2) is 34.4 Å². The topological polar surface area (TPSA) is 55.3 Å². The first-order valence-corrected chi connectivity index (χ1v) is 9.43. The van der Waals surface area contributed by atoms with Gasteiger partial charge in [-0.15, -0.1) is 0 Å². The molecule has 2 heterocycles. The summed E-state index contributed by atoms with van der Waals surface area (Å²) in [5.41, 5.74) is 3.24. The molecule has 0 fully saturated rings. The van der Waals surface area contributed by atoms with Crippen LogP contribution in [0.3, 0.4) is 0 Å². The van der Waals surface area contributed by atoms with E-state index in [-0.39, 0.29) is 5.91 Å². The molecule has 0 aliphatic carbocycles. The lowest BCUT2D eigenvalue weighted by Gasteiger charge is -2.22. The van der Waals surface area contributed by atoms with Crippen molar-refractivity contribution in [1.29, 1.82) is 0 Å². The second-order valence-corrected chi connectivity index (χ2v) is 6.63. The van der Waals surface area contributed by atoms with Crippen LogP contribution in [0.4, 0.5) is 0 Å². The number of thiophene rings is 1. The molecule has 5 nitrogen and oxygen atoms in total. The van der Waals surface area contributed by atoms with E-state index in [0.29, 0.717) is 30.2 Å². The molecule has 0 saturated heterocycles. The number of methoxy groups -OCH3 is 1. The lowest BCUT2D eigenvalue weighted by molar-refractivity contribution is 0.0743. The van der Waals surface area contributed by atoms with Crippen LogP contribution >= 0.6 is 11.3 Å². The number of hydrogen-bond acceptors (Lipinski definition) is 5. The van der Waals surface area contributed by atoms with Crippen molar-refractivity contribution in [3.63, 3.8) is 0 Å². The van der Waals surface area contributed by atoms with E-state index in [1.165, 1.54) is 0 Å². The standard InChI is InChI=1S/C20H21N3O2S/c1-3-10-23(13-15-7-11-26-14-15)20(24)17-6-4-5-16(12-17)18-19(25-2)22-9-8-21-18/h4-9,11-12,14H,3,10,13H2,1-2H3. The zero-order valence-electron chi connectivity index (χ0n) is 14.9. The van der Waals surface area contributed by atoms with Crippen molar-refractivity contribution < 1.29 is 9.53 Å². The van der Waals surface area contributed by atoms with E-state index in [9.17, 15) is 4.79 Å². The van der Waals surface area contributed by atoms with E-state index in [1.54, 1.807) is 30.8 Å². The molecule has 3 rings (SSSR count). The Labute approximate surface area is 157 Å². The lowest BCUT2D eigenvalue weighted by Crippen LogP contribution is -2.31. The Morgan fingerprint density at radius 3 is 2.81 bits per heavy atom. The molecule has 1 aromatic carbocycles. The minimum absolute atomic E-state index is 0.0164. The Balaban J connectivity index is 1.89. The molecule has 0 aliphatic heterocycles. The van der Waals surface area contributed by atoms with Gasteiger partial charge in [-0.1, -0.05) is 19.1 Å². The van der Waals surface area contributed by atoms with Crippen LogP contribution in [0, 0.1) is 0 Å². The first kappa shape index (κ1) is 18.1. The third-order valence-electron chi connectivity index (χ3n) is 3.98. The molecule has 3 aromatic rings. The van der Waals surface area contributed by atoms with Crippen LogP contribution < -0.4 is 4.74 Å². The molecule has 1 amide bonds. The Hall–Kier alpha value is -2.73. The average molecular weight is 367 g/mol. The largest absolute Gasteiger partial charge is 0.479 e. The zero-order chi connectivity index (χ0) is 18.4. The highest BCUT2D eigenvalue weighted by molar-refractivity contribution is 7.07. The van der Waals surface area contributed by atoms with E-state index >= 15 is 0 Å². The fourth-order valence-electron chi connectivity index (χ4n) is 2.78. The van der Waals surface area contributed by atoms with Gasteiger partial charge in [0.05, 0.1) is 7.11 Å². The highest BCUT2D eigenvalue weighted by atomic mass is 32.1.